The molecule has 92 valence electrons. The molecule has 0 aromatic heterocycles. The highest BCUT2D eigenvalue weighted by Crippen LogP contribution is 2.21. The van der Waals surface area contributed by atoms with Crippen LogP contribution in [0, 0.1) is 23.2 Å². The second kappa shape index (κ2) is 6.56. The SMILES string of the molecule is CC(C)C(CS)CN(C)c1ccccc1C#N. The molecule has 1 aromatic carbocycles. The molecule has 17 heavy (non-hydrogen) atoms. The molecule has 0 saturated carbocycles. The van der Waals surface area contributed by atoms with Gasteiger partial charge < -0.3 is 4.90 Å². The highest BCUT2D eigenvalue weighted by atomic mass is 32.1. The summed E-state index contributed by atoms with van der Waals surface area (Å²) in [5.74, 6) is 2.01. The number of rotatable bonds is 5. The van der Waals surface area contributed by atoms with Crippen LogP contribution in [0.1, 0.15) is 19.4 Å². The van der Waals surface area contributed by atoms with Gasteiger partial charge in [-0.1, -0.05) is 26.0 Å². The second-order valence-electron chi connectivity index (χ2n) is 4.70. The molecular weight excluding hydrogens is 228 g/mol. The highest BCUT2D eigenvalue weighted by Gasteiger charge is 2.15. The summed E-state index contributed by atoms with van der Waals surface area (Å²) in [5, 5.41) is 9.08. The van der Waals surface area contributed by atoms with Crippen molar-refractivity contribution in [3.8, 4) is 6.07 Å². The Balaban J connectivity index is 2.83. The first-order chi connectivity index (χ1) is 8.10. The molecule has 2 nitrogen and oxygen atoms in total. The Bertz CT molecular complexity index is 395. The third-order valence-corrected chi connectivity index (χ3v) is 3.59. The van der Waals surface area contributed by atoms with E-state index >= 15 is 0 Å². The Kier molecular flexibility index (Phi) is 5.37. The highest BCUT2D eigenvalue weighted by molar-refractivity contribution is 7.80. The Hall–Kier alpha value is -1.14. The molecule has 0 aliphatic heterocycles. The monoisotopic (exact) mass is 248 g/mol. The minimum absolute atomic E-state index is 0.537. The molecular formula is C14H20N2S. The molecule has 0 spiro atoms. The number of hydrogen-bond donors (Lipinski definition) is 1. The van der Waals surface area contributed by atoms with Gasteiger partial charge in [0.15, 0.2) is 0 Å². The summed E-state index contributed by atoms with van der Waals surface area (Å²) in [5.41, 5.74) is 1.74. The lowest BCUT2D eigenvalue weighted by Gasteiger charge is -2.27. The number of thiol groups is 1. The van der Waals surface area contributed by atoms with Gasteiger partial charge in [-0.2, -0.15) is 17.9 Å². The van der Waals surface area contributed by atoms with Gasteiger partial charge in [-0.25, -0.2) is 0 Å². The first-order valence-electron chi connectivity index (χ1n) is 5.91. The summed E-state index contributed by atoms with van der Waals surface area (Å²) in [6.45, 7) is 5.36. The van der Waals surface area contributed by atoms with Gasteiger partial charge >= 0.3 is 0 Å². The standard InChI is InChI=1S/C14H20N2S/c1-11(2)13(10-17)9-16(3)14-7-5-4-6-12(14)8-15/h4-7,11,13,17H,9-10H2,1-3H3. The van der Waals surface area contributed by atoms with E-state index < -0.39 is 0 Å². The molecule has 0 radical (unpaired) electrons. The molecule has 3 heteroatoms. The number of benzene rings is 1. The van der Waals surface area contributed by atoms with Crippen LogP contribution in [0.5, 0.6) is 0 Å². The van der Waals surface area contributed by atoms with Gasteiger partial charge in [-0.15, -0.1) is 0 Å². The van der Waals surface area contributed by atoms with Crippen LogP contribution in [0.2, 0.25) is 0 Å². The molecule has 0 heterocycles. The maximum Gasteiger partial charge on any atom is 0.101 e. The Morgan fingerprint density at radius 1 is 1.35 bits per heavy atom. The molecule has 0 amide bonds. The van der Waals surface area contributed by atoms with Crippen molar-refractivity contribution >= 4 is 18.3 Å². The van der Waals surface area contributed by atoms with Crippen LogP contribution in [0.25, 0.3) is 0 Å². The van der Waals surface area contributed by atoms with E-state index in [0.717, 1.165) is 23.5 Å². The molecule has 0 bridgehead atoms. The van der Waals surface area contributed by atoms with Crippen LogP contribution in [0.3, 0.4) is 0 Å². The predicted octanol–water partition coefficient (Wildman–Crippen LogP) is 3.20. The maximum atomic E-state index is 9.08. The summed E-state index contributed by atoms with van der Waals surface area (Å²) in [7, 11) is 2.04. The zero-order chi connectivity index (χ0) is 12.8. The fraction of sp³-hybridized carbons (Fsp3) is 0.500. The minimum Gasteiger partial charge on any atom is -0.373 e. The van der Waals surface area contributed by atoms with Gasteiger partial charge in [0.2, 0.25) is 0 Å². The van der Waals surface area contributed by atoms with E-state index in [-0.39, 0.29) is 0 Å². The molecule has 0 N–H and O–H groups in total. The fourth-order valence-corrected chi connectivity index (χ4v) is 2.37. The maximum absolute atomic E-state index is 9.08. The Morgan fingerprint density at radius 2 is 2.00 bits per heavy atom. The quantitative estimate of drug-likeness (QED) is 0.810. The molecule has 1 unspecified atom stereocenters. The summed E-state index contributed by atoms with van der Waals surface area (Å²) in [4.78, 5) is 2.15. The number of para-hydroxylation sites is 1. The number of nitrogens with zero attached hydrogens (tertiary/aromatic N) is 2. The fourth-order valence-electron chi connectivity index (χ4n) is 1.83. The molecule has 0 fully saturated rings. The third-order valence-electron chi connectivity index (χ3n) is 3.12. The smallest absolute Gasteiger partial charge is 0.101 e. The Morgan fingerprint density at radius 3 is 2.53 bits per heavy atom. The summed E-state index contributed by atoms with van der Waals surface area (Å²) in [6, 6.07) is 9.96. The van der Waals surface area contributed by atoms with E-state index in [0.29, 0.717) is 11.8 Å². The van der Waals surface area contributed by atoms with E-state index in [1.807, 2.05) is 31.3 Å². The van der Waals surface area contributed by atoms with Gasteiger partial charge in [0.1, 0.15) is 6.07 Å². The number of hydrogen-bond acceptors (Lipinski definition) is 3. The lowest BCUT2D eigenvalue weighted by atomic mass is 9.97. The van der Waals surface area contributed by atoms with Gasteiger partial charge in [0.25, 0.3) is 0 Å². The van der Waals surface area contributed by atoms with Crippen molar-refractivity contribution in [2.75, 3.05) is 24.2 Å². The van der Waals surface area contributed by atoms with Crippen molar-refractivity contribution in [2.24, 2.45) is 11.8 Å². The van der Waals surface area contributed by atoms with E-state index in [1.165, 1.54) is 0 Å². The molecule has 0 aliphatic rings. The van der Waals surface area contributed by atoms with Crippen molar-refractivity contribution in [2.45, 2.75) is 13.8 Å². The van der Waals surface area contributed by atoms with E-state index in [1.54, 1.807) is 0 Å². The zero-order valence-corrected chi connectivity index (χ0v) is 11.6. The number of nitriles is 1. The van der Waals surface area contributed by atoms with Crippen LogP contribution in [-0.2, 0) is 0 Å². The van der Waals surface area contributed by atoms with Crippen molar-refractivity contribution in [1.82, 2.24) is 0 Å². The largest absolute Gasteiger partial charge is 0.373 e. The molecule has 1 atom stereocenters. The van der Waals surface area contributed by atoms with Crippen molar-refractivity contribution in [3.63, 3.8) is 0 Å². The lowest BCUT2D eigenvalue weighted by molar-refractivity contribution is 0.430. The second-order valence-corrected chi connectivity index (χ2v) is 5.06. The minimum atomic E-state index is 0.537. The predicted molar refractivity (Wildman–Crippen MR) is 76.6 cm³/mol. The van der Waals surface area contributed by atoms with Crippen molar-refractivity contribution < 1.29 is 0 Å². The van der Waals surface area contributed by atoms with Crippen LogP contribution in [0.4, 0.5) is 5.69 Å². The molecule has 0 saturated heterocycles. The van der Waals surface area contributed by atoms with Crippen LogP contribution in [0.15, 0.2) is 24.3 Å². The van der Waals surface area contributed by atoms with Gasteiger partial charge in [0.05, 0.1) is 11.3 Å². The van der Waals surface area contributed by atoms with Gasteiger partial charge in [-0.05, 0) is 29.7 Å². The molecule has 1 rings (SSSR count). The van der Waals surface area contributed by atoms with E-state index in [2.05, 4.69) is 37.4 Å². The van der Waals surface area contributed by atoms with E-state index in [9.17, 15) is 0 Å². The first-order valence-corrected chi connectivity index (χ1v) is 6.54. The third kappa shape index (κ3) is 3.67. The summed E-state index contributed by atoms with van der Waals surface area (Å²) < 4.78 is 0. The van der Waals surface area contributed by atoms with Crippen molar-refractivity contribution in [1.29, 1.82) is 5.26 Å². The lowest BCUT2D eigenvalue weighted by Crippen LogP contribution is -2.29. The average Bonchev–Trinajstić information content (AvgIpc) is 2.35. The number of anilines is 1. The summed E-state index contributed by atoms with van der Waals surface area (Å²) in [6.07, 6.45) is 0. The normalized spacial score (nSPS) is 12.2. The summed E-state index contributed by atoms with van der Waals surface area (Å²) >= 11 is 4.40. The van der Waals surface area contributed by atoms with Crippen LogP contribution >= 0.6 is 12.6 Å². The average molecular weight is 248 g/mol. The van der Waals surface area contributed by atoms with Gasteiger partial charge in [-0.3, -0.25) is 0 Å². The molecule has 1 aromatic rings. The van der Waals surface area contributed by atoms with E-state index in [4.69, 9.17) is 5.26 Å². The zero-order valence-electron chi connectivity index (χ0n) is 10.7. The topological polar surface area (TPSA) is 27.0 Å². The van der Waals surface area contributed by atoms with Crippen LogP contribution in [-0.4, -0.2) is 19.3 Å². The van der Waals surface area contributed by atoms with Crippen LogP contribution < -0.4 is 4.90 Å². The molecule has 0 aliphatic carbocycles. The Labute approximate surface area is 110 Å². The first kappa shape index (κ1) is 13.9. The van der Waals surface area contributed by atoms with Gasteiger partial charge in [0, 0.05) is 13.6 Å². The van der Waals surface area contributed by atoms with Crippen molar-refractivity contribution in [3.05, 3.63) is 29.8 Å².